The van der Waals surface area contributed by atoms with Crippen LogP contribution in [0.4, 0.5) is 0 Å². The number of carbonyl (C=O) groups is 3. The van der Waals surface area contributed by atoms with Gasteiger partial charge in [0.25, 0.3) is 0 Å². The summed E-state index contributed by atoms with van der Waals surface area (Å²) in [5, 5.41) is 30.5. The van der Waals surface area contributed by atoms with Crippen molar-refractivity contribution in [2.75, 3.05) is 13.1 Å². The second-order valence-corrected chi connectivity index (χ2v) is 9.56. The summed E-state index contributed by atoms with van der Waals surface area (Å²) in [7, 11) is 0. The van der Waals surface area contributed by atoms with Crippen molar-refractivity contribution in [3.63, 3.8) is 0 Å². The zero-order valence-corrected chi connectivity index (χ0v) is 23.0. The van der Waals surface area contributed by atoms with Gasteiger partial charge in [-0.15, -0.1) is 0 Å². The van der Waals surface area contributed by atoms with Gasteiger partial charge in [0.1, 0.15) is 17.5 Å². The Hall–Kier alpha value is -5.52. The third-order valence-corrected chi connectivity index (χ3v) is 6.47. The molecule has 0 aliphatic heterocycles. The molecule has 0 spiro atoms. The first kappa shape index (κ1) is 31.0. The lowest BCUT2D eigenvalue weighted by Crippen LogP contribution is -2.50. The summed E-state index contributed by atoms with van der Waals surface area (Å²) in [4.78, 5) is 39.2. The van der Waals surface area contributed by atoms with E-state index in [0.717, 1.165) is 11.1 Å². The minimum atomic E-state index is -1.62. The molecule has 12 heteroatoms. The molecule has 0 saturated carbocycles. The SMILES string of the molecule is N=C(N)c1ccc(CCNC(=O)C(C(=O)NCCc2ccc(C(=N)N)cc2)C(=O)NCc2ccc(C(=N)N)cc2)cc1. The molecule has 0 heterocycles. The molecule has 0 unspecified atom stereocenters. The Morgan fingerprint density at radius 1 is 0.524 bits per heavy atom. The van der Waals surface area contributed by atoms with Crippen LogP contribution in [0.25, 0.3) is 0 Å². The first-order valence-corrected chi connectivity index (χ1v) is 13.2. The van der Waals surface area contributed by atoms with Gasteiger partial charge in [-0.05, 0) is 29.5 Å². The Morgan fingerprint density at radius 3 is 1.17 bits per heavy atom. The van der Waals surface area contributed by atoms with E-state index in [1.54, 1.807) is 72.8 Å². The maximum absolute atomic E-state index is 13.1. The van der Waals surface area contributed by atoms with Crippen molar-refractivity contribution in [1.82, 2.24) is 16.0 Å². The summed E-state index contributed by atoms with van der Waals surface area (Å²) in [5.41, 5.74) is 20.6. The molecule has 0 bridgehead atoms. The van der Waals surface area contributed by atoms with Crippen LogP contribution in [0.1, 0.15) is 33.4 Å². The second kappa shape index (κ2) is 14.7. The van der Waals surface area contributed by atoms with Crippen LogP contribution in [-0.2, 0) is 33.8 Å². The van der Waals surface area contributed by atoms with Crippen molar-refractivity contribution >= 4 is 35.2 Å². The standard InChI is InChI=1S/C30H35N9O3/c31-25(32)21-7-1-18(2-8-21)13-15-37-28(40)24(30(42)39-17-20-5-11-23(12-6-20)27(35)36)29(41)38-16-14-19-3-9-22(10-4-19)26(33)34/h1-12,24H,13-17H2,(H3,31,32)(H3,33,34)(H3,35,36)(H,37,40)(H,38,41)(H,39,42). The molecule has 0 aromatic heterocycles. The molecular weight excluding hydrogens is 534 g/mol. The maximum Gasteiger partial charge on any atom is 0.242 e. The summed E-state index contributed by atoms with van der Waals surface area (Å²) in [6.45, 7) is 0.438. The van der Waals surface area contributed by atoms with Crippen LogP contribution in [0.5, 0.6) is 0 Å². The number of nitrogens with one attached hydrogen (secondary N) is 6. The summed E-state index contributed by atoms with van der Waals surface area (Å²) < 4.78 is 0. The Morgan fingerprint density at radius 2 is 0.833 bits per heavy atom. The van der Waals surface area contributed by atoms with Gasteiger partial charge < -0.3 is 33.2 Å². The van der Waals surface area contributed by atoms with Crippen LogP contribution in [0.15, 0.2) is 72.8 Å². The number of nitrogens with two attached hydrogens (primary N) is 3. The second-order valence-electron chi connectivity index (χ2n) is 9.56. The molecule has 3 aromatic rings. The van der Waals surface area contributed by atoms with E-state index in [2.05, 4.69) is 16.0 Å². The smallest absolute Gasteiger partial charge is 0.242 e. The third kappa shape index (κ3) is 9.01. The van der Waals surface area contributed by atoms with E-state index in [4.69, 9.17) is 33.4 Å². The highest BCUT2D eigenvalue weighted by molar-refractivity contribution is 6.17. The zero-order valence-electron chi connectivity index (χ0n) is 23.0. The van der Waals surface area contributed by atoms with Gasteiger partial charge in [0.05, 0.1) is 0 Å². The van der Waals surface area contributed by atoms with Gasteiger partial charge in [-0.25, -0.2) is 0 Å². The number of amidine groups is 3. The molecule has 42 heavy (non-hydrogen) atoms. The van der Waals surface area contributed by atoms with Gasteiger partial charge >= 0.3 is 0 Å². The van der Waals surface area contributed by atoms with Crippen molar-refractivity contribution < 1.29 is 14.4 Å². The molecule has 0 radical (unpaired) electrons. The summed E-state index contributed by atoms with van der Waals surface area (Å²) in [6, 6.07) is 20.7. The fraction of sp³-hybridized carbons (Fsp3) is 0.200. The highest BCUT2D eigenvalue weighted by Gasteiger charge is 2.33. The quantitative estimate of drug-likeness (QED) is 0.0760. The minimum Gasteiger partial charge on any atom is -0.384 e. The van der Waals surface area contributed by atoms with Crippen LogP contribution < -0.4 is 33.2 Å². The molecule has 0 aliphatic rings. The number of amides is 3. The number of rotatable bonds is 14. The van der Waals surface area contributed by atoms with E-state index >= 15 is 0 Å². The highest BCUT2D eigenvalue weighted by Crippen LogP contribution is 2.08. The topological polar surface area (TPSA) is 237 Å². The van der Waals surface area contributed by atoms with Crippen molar-refractivity contribution in [2.24, 2.45) is 23.1 Å². The number of nitrogen functional groups attached to an aromatic ring is 3. The minimum absolute atomic E-state index is 0.0439. The molecule has 12 nitrogen and oxygen atoms in total. The molecular formula is C30H35N9O3. The van der Waals surface area contributed by atoms with E-state index < -0.39 is 23.6 Å². The van der Waals surface area contributed by atoms with Crippen molar-refractivity contribution in [3.8, 4) is 0 Å². The molecule has 0 aliphatic carbocycles. The molecule has 218 valence electrons. The van der Waals surface area contributed by atoms with E-state index in [0.29, 0.717) is 35.1 Å². The predicted octanol–water partition coefficient (Wildman–Crippen LogP) is 0.489. The van der Waals surface area contributed by atoms with Crippen LogP contribution in [0.3, 0.4) is 0 Å². The molecule has 0 saturated heterocycles. The monoisotopic (exact) mass is 569 g/mol. The van der Waals surface area contributed by atoms with Crippen LogP contribution >= 0.6 is 0 Å². The number of hydrogen-bond donors (Lipinski definition) is 9. The van der Waals surface area contributed by atoms with Gasteiger partial charge in [-0.2, -0.15) is 0 Å². The van der Waals surface area contributed by atoms with E-state index in [1.165, 1.54) is 0 Å². The average molecular weight is 570 g/mol. The van der Waals surface area contributed by atoms with Crippen LogP contribution in [0.2, 0.25) is 0 Å². The van der Waals surface area contributed by atoms with E-state index in [1.807, 2.05) is 0 Å². The Kier molecular flexibility index (Phi) is 10.9. The lowest BCUT2D eigenvalue weighted by Gasteiger charge is -2.17. The van der Waals surface area contributed by atoms with Gasteiger partial charge in [0, 0.05) is 36.3 Å². The van der Waals surface area contributed by atoms with Gasteiger partial charge in [0.15, 0.2) is 5.92 Å². The molecule has 3 aromatic carbocycles. The summed E-state index contributed by atoms with van der Waals surface area (Å²) in [6.07, 6.45) is 0.886. The van der Waals surface area contributed by atoms with Crippen LogP contribution in [-0.4, -0.2) is 48.3 Å². The summed E-state index contributed by atoms with van der Waals surface area (Å²) in [5.74, 6) is -4.01. The fourth-order valence-corrected chi connectivity index (χ4v) is 4.02. The van der Waals surface area contributed by atoms with E-state index in [9.17, 15) is 14.4 Å². The van der Waals surface area contributed by atoms with Gasteiger partial charge in [0.2, 0.25) is 17.7 Å². The molecule has 12 N–H and O–H groups in total. The van der Waals surface area contributed by atoms with Gasteiger partial charge in [-0.1, -0.05) is 72.8 Å². The zero-order chi connectivity index (χ0) is 30.6. The lowest BCUT2D eigenvalue weighted by atomic mass is 10.0. The number of hydrogen-bond acceptors (Lipinski definition) is 6. The molecule has 3 amide bonds. The highest BCUT2D eigenvalue weighted by atomic mass is 16.2. The summed E-state index contributed by atoms with van der Waals surface area (Å²) >= 11 is 0. The normalized spacial score (nSPS) is 11.1. The Balaban J connectivity index is 1.62. The average Bonchev–Trinajstić information content (AvgIpc) is 2.97. The Labute approximate surface area is 243 Å². The first-order valence-electron chi connectivity index (χ1n) is 13.2. The van der Waals surface area contributed by atoms with Gasteiger partial charge in [-0.3, -0.25) is 30.6 Å². The largest absolute Gasteiger partial charge is 0.384 e. The molecule has 0 atom stereocenters. The Bertz CT molecular complexity index is 1380. The van der Waals surface area contributed by atoms with Crippen molar-refractivity contribution in [3.05, 3.63) is 106 Å². The number of carbonyl (C=O) groups excluding carboxylic acids is 3. The van der Waals surface area contributed by atoms with E-state index in [-0.39, 0.29) is 37.1 Å². The maximum atomic E-state index is 13.1. The lowest BCUT2D eigenvalue weighted by molar-refractivity contribution is -0.142. The number of benzene rings is 3. The first-order chi connectivity index (χ1) is 20.0. The third-order valence-electron chi connectivity index (χ3n) is 6.47. The van der Waals surface area contributed by atoms with Crippen molar-refractivity contribution in [2.45, 2.75) is 19.4 Å². The van der Waals surface area contributed by atoms with Crippen LogP contribution in [0, 0.1) is 22.1 Å². The fourth-order valence-electron chi connectivity index (χ4n) is 4.02. The molecule has 3 rings (SSSR count). The predicted molar refractivity (Wildman–Crippen MR) is 161 cm³/mol. The molecule has 0 fully saturated rings. The van der Waals surface area contributed by atoms with Crippen molar-refractivity contribution in [1.29, 1.82) is 16.2 Å².